The van der Waals surface area contributed by atoms with Gasteiger partial charge in [-0.25, -0.2) is 0 Å². The number of hydrogen-bond acceptors (Lipinski definition) is 0. The van der Waals surface area contributed by atoms with Crippen LogP contribution in [0, 0.1) is 0 Å². The molecule has 156 valence electrons. The minimum absolute atomic E-state index is 0.709. The highest BCUT2D eigenvalue weighted by Crippen LogP contribution is 2.38. The fourth-order valence-electron chi connectivity index (χ4n) is 5.17. The van der Waals surface area contributed by atoms with E-state index in [9.17, 15) is 0 Å². The summed E-state index contributed by atoms with van der Waals surface area (Å²) in [5.41, 5.74) is 10.5. The molecule has 0 spiro atoms. The fraction of sp³-hybridized carbons (Fsp3) is 0.778. The van der Waals surface area contributed by atoms with Gasteiger partial charge in [-0.15, -0.1) is 0 Å². The van der Waals surface area contributed by atoms with Crippen molar-refractivity contribution in [2.24, 2.45) is 0 Å². The van der Waals surface area contributed by atoms with Gasteiger partial charge < -0.3 is 0 Å². The lowest BCUT2D eigenvalue weighted by molar-refractivity contribution is 0.638. The first-order valence-electron chi connectivity index (χ1n) is 12.3. The summed E-state index contributed by atoms with van der Waals surface area (Å²) in [5.74, 6) is 0.709. The standard InChI is InChI=1S/C27H48/c1-8-14-16-19-25-22(11-4)26(20-17-15-9-2)24(13-6)27(23(25)12-5)21(7)18-10-3/h21H,8-20H2,1-7H3. The van der Waals surface area contributed by atoms with E-state index < -0.39 is 0 Å². The predicted molar refractivity (Wildman–Crippen MR) is 124 cm³/mol. The van der Waals surface area contributed by atoms with Gasteiger partial charge in [0.1, 0.15) is 0 Å². The Morgan fingerprint density at radius 1 is 0.519 bits per heavy atom. The number of unbranched alkanes of at least 4 members (excludes halogenated alkanes) is 4. The lowest BCUT2D eigenvalue weighted by atomic mass is 9.76. The fourth-order valence-corrected chi connectivity index (χ4v) is 5.17. The van der Waals surface area contributed by atoms with Crippen LogP contribution in [0.4, 0.5) is 0 Å². The minimum atomic E-state index is 0.709. The van der Waals surface area contributed by atoms with Crippen molar-refractivity contribution in [1.29, 1.82) is 0 Å². The normalized spacial score (nSPS) is 12.6. The molecule has 0 heteroatoms. The third-order valence-corrected chi connectivity index (χ3v) is 6.44. The van der Waals surface area contributed by atoms with Crippen LogP contribution >= 0.6 is 0 Å². The van der Waals surface area contributed by atoms with Crippen LogP contribution in [0.1, 0.15) is 139 Å². The van der Waals surface area contributed by atoms with E-state index in [4.69, 9.17) is 0 Å². The van der Waals surface area contributed by atoms with E-state index >= 15 is 0 Å². The van der Waals surface area contributed by atoms with Crippen molar-refractivity contribution < 1.29 is 0 Å². The van der Waals surface area contributed by atoms with E-state index in [0.29, 0.717) is 5.92 Å². The van der Waals surface area contributed by atoms with Gasteiger partial charge in [0, 0.05) is 0 Å². The molecule has 0 fully saturated rings. The molecule has 1 unspecified atom stereocenters. The molecule has 1 rings (SSSR count). The molecule has 0 radical (unpaired) electrons. The van der Waals surface area contributed by atoms with Gasteiger partial charge in [-0.2, -0.15) is 0 Å². The third-order valence-electron chi connectivity index (χ3n) is 6.44. The van der Waals surface area contributed by atoms with Gasteiger partial charge in [0.25, 0.3) is 0 Å². The molecule has 0 saturated carbocycles. The van der Waals surface area contributed by atoms with E-state index in [-0.39, 0.29) is 0 Å². The maximum atomic E-state index is 2.49. The smallest absolute Gasteiger partial charge is 0.0185 e. The maximum absolute atomic E-state index is 2.49. The Balaban J connectivity index is 3.60. The SMILES string of the molecule is CCCCCc1c(CC)c(CCCCC)c(CC)c(C(C)CCC)c1CC. The average Bonchev–Trinajstić information content (AvgIpc) is 2.67. The lowest BCUT2D eigenvalue weighted by Crippen LogP contribution is -2.15. The zero-order valence-electron chi connectivity index (χ0n) is 19.8. The van der Waals surface area contributed by atoms with Crippen LogP contribution in [0.2, 0.25) is 0 Å². The lowest BCUT2D eigenvalue weighted by Gasteiger charge is -2.29. The van der Waals surface area contributed by atoms with Crippen molar-refractivity contribution in [2.45, 2.75) is 138 Å². The number of rotatable bonds is 14. The molecule has 0 amide bonds. The molecule has 1 atom stereocenters. The summed E-state index contributed by atoms with van der Waals surface area (Å²) in [4.78, 5) is 0. The summed E-state index contributed by atoms with van der Waals surface area (Å²) in [7, 11) is 0. The molecule has 0 aliphatic carbocycles. The molecule has 0 nitrogen and oxygen atoms in total. The Hall–Kier alpha value is -0.780. The molecular weight excluding hydrogens is 324 g/mol. The van der Waals surface area contributed by atoms with Gasteiger partial charge in [-0.3, -0.25) is 0 Å². The Morgan fingerprint density at radius 2 is 0.963 bits per heavy atom. The monoisotopic (exact) mass is 372 g/mol. The van der Waals surface area contributed by atoms with E-state index in [1.165, 1.54) is 83.5 Å². The summed E-state index contributed by atoms with van der Waals surface area (Å²) < 4.78 is 0. The third kappa shape index (κ3) is 6.37. The van der Waals surface area contributed by atoms with Crippen molar-refractivity contribution in [1.82, 2.24) is 0 Å². The molecule has 0 bridgehead atoms. The highest BCUT2D eigenvalue weighted by molar-refractivity contribution is 5.54. The zero-order valence-corrected chi connectivity index (χ0v) is 19.8. The Kier molecular flexibility index (Phi) is 12.0. The molecular formula is C27H48. The average molecular weight is 373 g/mol. The van der Waals surface area contributed by atoms with Crippen LogP contribution in [0.3, 0.4) is 0 Å². The van der Waals surface area contributed by atoms with Crippen LogP contribution in [0.5, 0.6) is 0 Å². The van der Waals surface area contributed by atoms with Crippen molar-refractivity contribution in [3.63, 3.8) is 0 Å². The van der Waals surface area contributed by atoms with Crippen LogP contribution in [0.25, 0.3) is 0 Å². The van der Waals surface area contributed by atoms with E-state index in [2.05, 4.69) is 48.5 Å². The van der Waals surface area contributed by atoms with E-state index in [1.54, 1.807) is 33.4 Å². The summed E-state index contributed by atoms with van der Waals surface area (Å²) in [6.45, 7) is 16.7. The molecule has 1 aromatic rings. The topological polar surface area (TPSA) is 0 Å². The van der Waals surface area contributed by atoms with Crippen molar-refractivity contribution in [2.75, 3.05) is 0 Å². The molecule has 27 heavy (non-hydrogen) atoms. The highest BCUT2D eigenvalue weighted by atomic mass is 14.3. The van der Waals surface area contributed by atoms with Gasteiger partial charge in [0.15, 0.2) is 0 Å². The second kappa shape index (κ2) is 13.4. The first-order valence-corrected chi connectivity index (χ1v) is 12.3. The second-order valence-corrected chi connectivity index (χ2v) is 8.47. The predicted octanol–water partition coefficient (Wildman–Crippen LogP) is 8.74. The molecule has 0 aliphatic heterocycles. The Labute approximate surface area is 171 Å². The number of benzene rings is 1. The first kappa shape index (κ1) is 24.3. The summed E-state index contributed by atoms with van der Waals surface area (Å²) >= 11 is 0. The molecule has 0 heterocycles. The van der Waals surface area contributed by atoms with Gasteiger partial charge in [0.05, 0.1) is 0 Å². The molecule has 0 aromatic heterocycles. The van der Waals surface area contributed by atoms with E-state index in [1.807, 2.05) is 0 Å². The van der Waals surface area contributed by atoms with Gasteiger partial charge in [0.2, 0.25) is 0 Å². The van der Waals surface area contributed by atoms with Crippen molar-refractivity contribution >= 4 is 0 Å². The zero-order chi connectivity index (χ0) is 20.2. The quantitative estimate of drug-likeness (QED) is 0.286. The molecule has 0 N–H and O–H groups in total. The maximum Gasteiger partial charge on any atom is -0.0185 e. The first-order chi connectivity index (χ1) is 13.1. The Morgan fingerprint density at radius 3 is 1.30 bits per heavy atom. The number of hydrogen-bond donors (Lipinski definition) is 0. The second-order valence-electron chi connectivity index (χ2n) is 8.47. The van der Waals surface area contributed by atoms with Crippen LogP contribution in [-0.2, 0) is 32.1 Å². The van der Waals surface area contributed by atoms with Crippen molar-refractivity contribution in [3.05, 3.63) is 33.4 Å². The van der Waals surface area contributed by atoms with Crippen LogP contribution in [0.15, 0.2) is 0 Å². The summed E-state index contributed by atoms with van der Waals surface area (Å²) in [6, 6.07) is 0. The molecule has 0 aliphatic rings. The van der Waals surface area contributed by atoms with Crippen LogP contribution in [-0.4, -0.2) is 0 Å². The van der Waals surface area contributed by atoms with Gasteiger partial charge in [-0.05, 0) is 90.7 Å². The molecule has 1 aromatic carbocycles. The molecule has 0 saturated heterocycles. The van der Waals surface area contributed by atoms with Gasteiger partial charge >= 0.3 is 0 Å². The van der Waals surface area contributed by atoms with Gasteiger partial charge in [-0.1, -0.05) is 80.6 Å². The van der Waals surface area contributed by atoms with Crippen LogP contribution < -0.4 is 0 Å². The largest absolute Gasteiger partial charge is 0.0654 e. The van der Waals surface area contributed by atoms with E-state index in [0.717, 1.165) is 0 Å². The Bertz CT molecular complexity index is 498. The summed E-state index contributed by atoms with van der Waals surface area (Å²) in [6.07, 6.45) is 16.9. The van der Waals surface area contributed by atoms with Crippen molar-refractivity contribution in [3.8, 4) is 0 Å². The highest BCUT2D eigenvalue weighted by Gasteiger charge is 2.23. The summed E-state index contributed by atoms with van der Waals surface area (Å²) in [5, 5.41) is 0. The minimum Gasteiger partial charge on any atom is -0.0654 e.